The Morgan fingerprint density at radius 2 is 2.18 bits per heavy atom. The Morgan fingerprint density at radius 3 is 2.82 bits per heavy atom. The molecule has 0 aromatic rings. The summed E-state index contributed by atoms with van der Waals surface area (Å²) in [7, 11) is 0. The lowest BCUT2D eigenvalue weighted by Gasteiger charge is -2.66. The number of rotatable bonds is 3. The summed E-state index contributed by atoms with van der Waals surface area (Å²) in [6.45, 7) is 2.96. The fourth-order valence-corrected chi connectivity index (χ4v) is 5.86. The number of fused-ring (bicyclic) bond motifs is 1. The normalized spacial score (nSPS) is 51.8. The van der Waals surface area contributed by atoms with E-state index < -0.39 is 5.97 Å². The summed E-state index contributed by atoms with van der Waals surface area (Å²) in [6, 6.07) is 0. The average Bonchev–Trinajstić information content (AvgIpc) is 2.44. The first kappa shape index (κ1) is 11.5. The lowest BCUT2D eigenvalue weighted by molar-refractivity contribution is -0.187. The standard InChI is InChI=1S/C14H23NO2/c1-13-6-9-3-2-4-10(13)14(8-15,7-12(16)17)11(13)5-9/h9-11H,2-8,15H2,1H3,(H,16,17)/t9-,10-,11+,13+,14+/m0/s1. The van der Waals surface area contributed by atoms with Gasteiger partial charge in [0.2, 0.25) is 0 Å². The molecule has 2 bridgehead atoms. The van der Waals surface area contributed by atoms with E-state index in [0.717, 1.165) is 5.92 Å². The van der Waals surface area contributed by atoms with Crippen LogP contribution in [0.3, 0.4) is 0 Å². The number of hydrogen-bond donors (Lipinski definition) is 2. The van der Waals surface area contributed by atoms with Crippen molar-refractivity contribution < 1.29 is 9.90 Å². The third-order valence-corrected chi connectivity index (χ3v) is 6.24. The maximum Gasteiger partial charge on any atom is 0.303 e. The van der Waals surface area contributed by atoms with Crippen LogP contribution in [0.25, 0.3) is 0 Å². The molecule has 0 heterocycles. The van der Waals surface area contributed by atoms with E-state index in [9.17, 15) is 9.90 Å². The number of hydrogen-bond acceptors (Lipinski definition) is 2. The minimum atomic E-state index is -0.661. The Labute approximate surface area is 103 Å². The zero-order chi connectivity index (χ0) is 12.3. The first-order valence-corrected chi connectivity index (χ1v) is 6.95. The molecule has 5 atom stereocenters. The molecular formula is C14H23NO2. The van der Waals surface area contributed by atoms with Crippen LogP contribution in [0, 0.1) is 28.6 Å². The molecule has 0 spiro atoms. The smallest absolute Gasteiger partial charge is 0.303 e. The molecule has 3 aliphatic rings. The van der Waals surface area contributed by atoms with Gasteiger partial charge >= 0.3 is 5.97 Å². The van der Waals surface area contributed by atoms with Crippen LogP contribution in [0.5, 0.6) is 0 Å². The van der Waals surface area contributed by atoms with Crippen LogP contribution in [0.1, 0.15) is 45.4 Å². The largest absolute Gasteiger partial charge is 0.481 e. The van der Waals surface area contributed by atoms with Crippen molar-refractivity contribution in [2.45, 2.75) is 45.4 Å². The van der Waals surface area contributed by atoms with Crippen molar-refractivity contribution in [1.29, 1.82) is 0 Å². The second-order valence-corrected chi connectivity index (χ2v) is 6.86. The highest BCUT2D eigenvalue weighted by molar-refractivity contribution is 5.68. The lowest BCUT2D eigenvalue weighted by atomic mass is 9.38. The minimum absolute atomic E-state index is 0.0737. The second kappa shape index (κ2) is 3.47. The summed E-state index contributed by atoms with van der Waals surface area (Å²) < 4.78 is 0. The molecule has 0 amide bonds. The molecule has 3 heteroatoms. The van der Waals surface area contributed by atoms with E-state index >= 15 is 0 Å². The summed E-state index contributed by atoms with van der Waals surface area (Å²) in [5.41, 5.74) is 6.34. The highest BCUT2D eigenvalue weighted by atomic mass is 16.4. The van der Waals surface area contributed by atoms with Crippen molar-refractivity contribution in [3.05, 3.63) is 0 Å². The summed E-state index contributed by atoms with van der Waals surface area (Å²) in [6.07, 6.45) is 6.69. The monoisotopic (exact) mass is 237 g/mol. The highest BCUT2D eigenvalue weighted by Gasteiger charge is 2.70. The maximum atomic E-state index is 11.2. The summed E-state index contributed by atoms with van der Waals surface area (Å²) in [5.74, 6) is 1.32. The van der Waals surface area contributed by atoms with Gasteiger partial charge in [0, 0.05) is 0 Å². The third kappa shape index (κ3) is 1.29. The average molecular weight is 237 g/mol. The zero-order valence-corrected chi connectivity index (χ0v) is 10.6. The molecule has 3 nitrogen and oxygen atoms in total. The van der Waals surface area contributed by atoms with Crippen LogP contribution in [0.2, 0.25) is 0 Å². The SMILES string of the molecule is C[C@@]12C[C@H]3CCC[C@@H]1[C@](CN)(CC(=O)O)[C@@H]2C3. The minimum Gasteiger partial charge on any atom is -0.481 e. The highest BCUT2D eigenvalue weighted by Crippen LogP contribution is 2.75. The summed E-state index contributed by atoms with van der Waals surface area (Å²) >= 11 is 0. The molecule has 3 saturated carbocycles. The van der Waals surface area contributed by atoms with Gasteiger partial charge in [-0.25, -0.2) is 0 Å². The Hall–Kier alpha value is -0.570. The fourth-order valence-electron chi connectivity index (χ4n) is 5.86. The number of carbonyl (C=O) groups is 1. The predicted molar refractivity (Wildman–Crippen MR) is 65.4 cm³/mol. The molecule has 0 aromatic carbocycles. The quantitative estimate of drug-likeness (QED) is 0.791. The van der Waals surface area contributed by atoms with Crippen LogP contribution in [0.15, 0.2) is 0 Å². The molecule has 3 N–H and O–H groups in total. The van der Waals surface area contributed by atoms with Gasteiger partial charge in [0.05, 0.1) is 6.42 Å². The van der Waals surface area contributed by atoms with Crippen molar-refractivity contribution >= 4 is 5.97 Å². The van der Waals surface area contributed by atoms with Gasteiger partial charge in [-0.15, -0.1) is 0 Å². The molecule has 0 unspecified atom stereocenters. The van der Waals surface area contributed by atoms with Crippen LogP contribution < -0.4 is 5.73 Å². The molecule has 0 aromatic heterocycles. The van der Waals surface area contributed by atoms with Crippen LogP contribution in [-0.4, -0.2) is 17.6 Å². The van der Waals surface area contributed by atoms with Crippen molar-refractivity contribution in [2.24, 2.45) is 34.3 Å². The second-order valence-electron chi connectivity index (χ2n) is 6.86. The van der Waals surface area contributed by atoms with Crippen LogP contribution >= 0.6 is 0 Å². The molecule has 3 fully saturated rings. The van der Waals surface area contributed by atoms with Gasteiger partial charge in [-0.2, -0.15) is 0 Å². The summed E-state index contributed by atoms with van der Waals surface area (Å²) in [5, 5.41) is 9.19. The molecule has 0 radical (unpaired) electrons. The lowest BCUT2D eigenvalue weighted by Crippen LogP contribution is -2.64. The van der Waals surface area contributed by atoms with Gasteiger partial charge in [-0.1, -0.05) is 19.8 Å². The van der Waals surface area contributed by atoms with Crippen LogP contribution in [-0.2, 0) is 4.79 Å². The molecule has 0 aliphatic heterocycles. The van der Waals surface area contributed by atoms with Gasteiger partial charge < -0.3 is 10.8 Å². The number of aliphatic carboxylic acids is 1. The Kier molecular flexibility index (Phi) is 2.35. The van der Waals surface area contributed by atoms with Gasteiger partial charge in [-0.05, 0) is 54.4 Å². The Bertz CT molecular complexity index is 356. The van der Waals surface area contributed by atoms with Gasteiger partial charge in [-0.3, -0.25) is 4.79 Å². The van der Waals surface area contributed by atoms with Crippen molar-refractivity contribution in [3.8, 4) is 0 Å². The molecule has 3 rings (SSSR count). The zero-order valence-electron chi connectivity index (χ0n) is 10.6. The van der Waals surface area contributed by atoms with Gasteiger partial charge in [0.25, 0.3) is 0 Å². The number of nitrogens with two attached hydrogens (primary N) is 1. The molecule has 96 valence electrons. The molecule has 17 heavy (non-hydrogen) atoms. The van der Waals surface area contributed by atoms with Crippen molar-refractivity contribution in [2.75, 3.05) is 6.54 Å². The van der Waals surface area contributed by atoms with Crippen molar-refractivity contribution in [1.82, 2.24) is 0 Å². The van der Waals surface area contributed by atoms with E-state index in [4.69, 9.17) is 5.73 Å². The maximum absolute atomic E-state index is 11.2. The van der Waals surface area contributed by atoms with E-state index in [2.05, 4.69) is 6.92 Å². The first-order valence-electron chi connectivity index (χ1n) is 6.95. The third-order valence-electron chi connectivity index (χ3n) is 6.24. The van der Waals surface area contributed by atoms with Gasteiger partial charge in [0.15, 0.2) is 0 Å². The number of carboxylic acid groups (broad SMARTS) is 1. The molecule has 3 aliphatic carbocycles. The van der Waals surface area contributed by atoms with E-state index in [1.165, 1.54) is 32.1 Å². The van der Waals surface area contributed by atoms with E-state index in [-0.39, 0.29) is 5.41 Å². The van der Waals surface area contributed by atoms with Crippen LogP contribution in [0.4, 0.5) is 0 Å². The van der Waals surface area contributed by atoms with E-state index in [0.29, 0.717) is 30.2 Å². The predicted octanol–water partition coefficient (Wildman–Crippen LogP) is 2.25. The van der Waals surface area contributed by atoms with E-state index in [1.54, 1.807) is 0 Å². The number of carboxylic acids is 1. The van der Waals surface area contributed by atoms with Gasteiger partial charge in [0.1, 0.15) is 0 Å². The molecular weight excluding hydrogens is 214 g/mol. The fraction of sp³-hybridized carbons (Fsp3) is 0.929. The first-order chi connectivity index (χ1) is 8.03. The Balaban J connectivity index is 1.95. The summed E-state index contributed by atoms with van der Waals surface area (Å²) in [4.78, 5) is 11.2. The van der Waals surface area contributed by atoms with E-state index in [1.807, 2.05) is 0 Å². The molecule has 0 saturated heterocycles. The Morgan fingerprint density at radius 1 is 1.41 bits per heavy atom. The topological polar surface area (TPSA) is 63.3 Å². The van der Waals surface area contributed by atoms with Crippen molar-refractivity contribution in [3.63, 3.8) is 0 Å².